The lowest BCUT2D eigenvalue weighted by Crippen LogP contribution is -2.16. The quantitative estimate of drug-likeness (QED) is 0.604. The van der Waals surface area contributed by atoms with Gasteiger partial charge in [0.1, 0.15) is 0 Å². The minimum Gasteiger partial charge on any atom is -0.325 e. The average molecular weight is 416 g/mol. The van der Waals surface area contributed by atoms with E-state index in [0.29, 0.717) is 5.69 Å². The molecule has 0 radical (unpaired) electrons. The summed E-state index contributed by atoms with van der Waals surface area (Å²) in [5.74, 6) is 0.0886. The summed E-state index contributed by atoms with van der Waals surface area (Å²) in [4.78, 5) is 16.8. The summed E-state index contributed by atoms with van der Waals surface area (Å²) in [7, 11) is -3.69. The van der Waals surface area contributed by atoms with E-state index in [0.717, 1.165) is 22.6 Å². The van der Waals surface area contributed by atoms with Crippen LogP contribution in [0.3, 0.4) is 0 Å². The molecule has 0 atom stereocenters. The average Bonchev–Trinajstić information content (AvgIpc) is 3.08. The number of carbonyl (C=O) groups excluding carboxylic acids is 1. The van der Waals surface area contributed by atoms with Gasteiger partial charge in [0, 0.05) is 11.1 Å². The van der Waals surface area contributed by atoms with E-state index in [2.05, 4.69) is 28.9 Å². The molecule has 3 aromatic rings. The van der Waals surface area contributed by atoms with Gasteiger partial charge in [-0.3, -0.25) is 9.52 Å². The Morgan fingerprint density at radius 3 is 2.46 bits per heavy atom. The third kappa shape index (κ3) is 4.96. The van der Waals surface area contributed by atoms with Gasteiger partial charge in [-0.15, -0.1) is 11.3 Å². The van der Waals surface area contributed by atoms with E-state index in [4.69, 9.17) is 0 Å². The molecule has 2 N–H and O–H groups in total. The molecule has 0 bridgehead atoms. The summed E-state index contributed by atoms with van der Waals surface area (Å²) in [6, 6.07) is 15.7. The number of rotatable bonds is 7. The van der Waals surface area contributed by atoms with Crippen LogP contribution in [0.4, 0.5) is 10.8 Å². The molecule has 3 rings (SSSR count). The maximum Gasteiger partial charge on any atom is 0.263 e. The van der Waals surface area contributed by atoms with E-state index in [9.17, 15) is 13.2 Å². The van der Waals surface area contributed by atoms with Crippen molar-refractivity contribution in [3.05, 3.63) is 71.2 Å². The van der Waals surface area contributed by atoms with Crippen molar-refractivity contribution in [3.8, 4) is 0 Å². The Hall–Kier alpha value is -2.71. The van der Waals surface area contributed by atoms with Crippen molar-refractivity contribution >= 4 is 38.1 Å². The summed E-state index contributed by atoms with van der Waals surface area (Å²) in [5.41, 5.74) is 2.35. The van der Waals surface area contributed by atoms with Crippen LogP contribution in [0.15, 0.2) is 64.9 Å². The van der Waals surface area contributed by atoms with Crippen LogP contribution in [0.5, 0.6) is 0 Å². The zero-order chi connectivity index (χ0) is 20.1. The number of sulfonamides is 1. The second kappa shape index (κ2) is 8.53. The predicted octanol–water partition coefficient (Wildman–Crippen LogP) is 4.25. The lowest BCUT2D eigenvalue weighted by molar-refractivity contribution is -0.115. The van der Waals surface area contributed by atoms with Gasteiger partial charge in [-0.25, -0.2) is 13.4 Å². The molecular formula is C20H21N3O3S2. The molecule has 146 valence electrons. The molecule has 1 aromatic heterocycles. The van der Waals surface area contributed by atoms with Crippen LogP contribution < -0.4 is 10.0 Å². The van der Waals surface area contributed by atoms with Gasteiger partial charge in [0.25, 0.3) is 10.0 Å². The summed E-state index contributed by atoms with van der Waals surface area (Å²) in [5, 5.41) is 4.82. The van der Waals surface area contributed by atoms with Crippen molar-refractivity contribution in [3.63, 3.8) is 0 Å². The highest BCUT2D eigenvalue weighted by molar-refractivity contribution is 7.93. The number of hydrogen-bond acceptors (Lipinski definition) is 5. The number of amides is 1. The van der Waals surface area contributed by atoms with Crippen LogP contribution in [0, 0.1) is 0 Å². The van der Waals surface area contributed by atoms with E-state index < -0.39 is 10.0 Å². The molecule has 6 nitrogen and oxygen atoms in total. The summed E-state index contributed by atoms with van der Waals surface area (Å²) < 4.78 is 27.2. The van der Waals surface area contributed by atoms with Crippen molar-refractivity contribution < 1.29 is 13.2 Å². The van der Waals surface area contributed by atoms with Gasteiger partial charge in [0.2, 0.25) is 5.91 Å². The summed E-state index contributed by atoms with van der Waals surface area (Å²) >= 11 is 1.15. The zero-order valence-corrected chi connectivity index (χ0v) is 17.2. The van der Waals surface area contributed by atoms with Crippen LogP contribution in [-0.2, 0) is 21.2 Å². The largest absolute Gasteiger partial charge is 0.325 e. The van der Waals surface area contributed by atoms with Crippen LogP contribution in [-0.4, -0.2) is 19.3 Å². The highest BCUT2D eigenvalue weighted by Gasteiger charge is 2.17. The number of anilines is 2. The van der Waals surface area contributed by atoms with E-state index >= 15 is 0 Å². The number of benzene rings is 2. The summed E-state index contributed by atoms with van der Waals surface area (Å²) in [6.07, 6.45) is 0.0655. The van der Waals surface area contributed by atoms with Gasteiger partial charge in [-0.1, -0.05) is 50.2 Å². The van der Waals surface area contributed by atoms with Crippen molar-refractivity contribution in [2.24, 2.45) is 0 Å². The third-order valence-electron chi connectivity index (χ3n) is 4.03. The molecule has 0 aliphatic carbocycles. The topological polar surface area (TPSA) is 88.2 Å². The number of hydrogen-bond donors (Lipinski definition) is 2. The number of nitrogens with one attached hydrogen (secondary N) is 2. The fourth-order valence-corrected chi connectivity index (χ4v) is 4.67. The molecule has 0 aliphatic rings. The number of para-hydroxylation sites is 1. The van der Waals surface area contributed by atoms with E-state index in [1.165, 1.54) is 12.1 Å². The second-order valence-corrected chi connectivity index (χ2v) is 9.07. The molecule has 0 unspecified atom stereocenters. The minimum atomic E-state index is -3.69. The number of carbonyl (C=O) groups is 1. The Morgan fingerprint density at radius 1 is 1.07 bits per heavy atom. The Morgan fingerprint density at radius 2 is 1.75 bits per heavy atom. The standard InChI is InChI=1S/C20H21N3O3S2/c1-14(2)17-10-6-7-11-18(17)22-19(24)12-15-13-27-20(21-15)23-28(25,26)16-8-4-3-5-9-16/h3-11,13-14H,12H2,1-2H3,(H,21,23)(H,22,24). The van der Waals surface area contributed by atoms with E-state index in [1.54, 1.807) is 23.6 Å². The van der Waals surface area contributed by atoms with Gasteiger partial charge in [0.15, 0.2) is 5.13 Å². The van der Waals surface area contributed by atoms with Gasteiger partial charge in [0.05, 0.1) is 17.0 Å². The van der Waals surface area contributed by atoms with Crippen LogP contribution in [0.25, 0.3) is 0 Å². The molecule has 0 fully saturated rings. The molecule has 2 aromatic carbocycles. The second-order valence-electron chi connectivity index (χ2n) is 6.53. The Bertz CT molecular complexity index is 1060. The minimum absolute atomic E-state index is 0.0655. The van der Waals surface area contributed by atoms with Gasteiger partial charge in [-0.05, 0) is 29.7 Å². The smallest absolute Gasteiger partial charge is 0.263 e. The number of nitrogens with zero attached hydrogens (tertiary/aromatic N) is 1. The first-order valence-electron chi connectivity index (χ1n) is 8.76. The Kier molecular flexibility index (Phi) is 6.11. The molecule has 1 heterocycles. The fourth-order valence-electron chi connectivity index (χ4n) is 2.68. The molecular weight excluding hydrogens is 394 g/mol. The summed E-state index contributed by atoms with van der Waals surface area (Å²) in [6.45, 7) is 4.13. The number of aromatic nitrogens is 1. The molecule has 28 heavy (non-hydrogen) atoms. The molecule has 0 spiro atoms. The zero-order valence-electron chi connectivity index (χ0n) is 15.5. The van der Waals surface area contributed by atoms with Gasteiger partial charge < -0.3 is 5.32 Å². The molecule has 8 heteroatoms. The molecule has 0 saturated carbocycles. The van der Waals surface area contributed by atoms with Gasteiger partial charge >= 0.3 is 0 Å². The first kappa shape index (κ1) is 20.0. The number of thiazole rings is 1. The maximum atomic E-state index is 12.4. The van der Waals surface area contributed by atoms with Crippen LogP contribution in [0.1, 0.15) is 31.0 Å². The van der Waals surface area contributed by atoms with Crippen LogP contribution in [0.2, 0.25) is 0 Å². The van der Waals surface area contributed by atoms with Crippen molar-refractivity contribution in [1.29, 1.82) is 0 Å². The first-order valence-corrected chi connectivity index (χ1v) is 11.1. The predicted molar refractivity (Wildman–Crippen MR) is 112 cm³/mol. The normalized spacial score (nSPS) is 11.4. The highest BCUT2D eigenvalue weighted by Crippen LogP contribution is 2.24. The SMILES string of the molecule is CC(C)c1ccccc1NC(=O)Cc1csc(NS(=O)(=O)c2ccccc2)n1. The Balaban J connectivity index is 1.66. The van der Waals surface area contributed by atoms with Crippen molar-refractivity contribution in [2.45, 2.75) is 31.1 Å². The van der Waals surface area contributed by atoms with Crippen molar-refractivity contribution in [1.82, 2.24) is 4.98 Å². The highest BCUT2D eigenvalue weighted by atomic mass is 32.2. The Labute approximate surface area is 168 Å². The lowest BCUT2D eigenvalue weighted by Gasteiger charge is -2.13. The van der Waals surface area contributed by atoms with E-state index in [1.807, 2.05) is 24.3 Å². The van der Waals surface area contributed by atoms with Crippen LogP contribution >= 0.6 is 11.3 Å². The lowest BCUT2D eigenvalue weighted by atomic mass is 10.0. The van der Waals surface area contributed by atoms with Gasteiger partial charge in [-0.2, -0.15) is 0 Å². The monoisotopic (exact) mass is 415 g/mol. The molecule has 0 aliphatic heterocycles. The third-order valence-corrected chi connectivity index (χ3v) is 6.32. The van der Waals surface area contributed by atoms with E-state index in [-0.39, 0.29) is 28.3 Å². The fraction of sp³-hybridized carbons (Fsp3) is 0.200. The first-order chi connectivity index (χ1) is 13.3. The van der Waals surface area contributed by atoms with Crippen molar-refractivity contribution in [2.75, 3.05) is 10.0 Å². The maximum absolute atomic E-state index is 12.4. The molecule has 1 amide bonds. The molecule has 0 saturated heterocycles.